The highest BCUT2D eigenvalue weighted by molar-refractivity contribution is 7.89. The van der Waals surface area contributed by atoms with E-state index in [2.05, 4.69) is 18.6 Å². The standard InChI is InChI=1S/C15H26N2O2S/c1-4-9-17-20(18,19)15-8-6-5-7-13(15)11-14(16)10-12(2)3/h5-8,12,14,17H,4,9-11,16H2,1-3H3. The molecule has 5 heteroatoms. The van der Waals surface area contributed by atoms with Crippen molar-refractivity contribution < 1.29 is 8.42 Å². The second kappa shape index (κ2) is 7.76. The summed E-state index contributed by atoms with van der Waals surface area (Å²) in [6, 6.07) is 7.09. The van der Waals surface area contributed by atoms with Gasteiger partial charge in [-0.3, -0.25) is 0 Å². The van der Waals surface area contributed by atoms with Crippen LogP contribution in [0.3, 0.4) is 0 Å². The van der Waals surface area contributed by atoms with Crippen LogP contribution >= 0.6 is 0 Å². The van der Waals surface area contributed by atoms with E-state index in [1.807, 2.05) is 19.1 Å². The van der Waals surface area contributed by atoms with E-state index in [1.54, 1.807) is 12.1 Å². The quantitative estimate of drug-likeness (QED) is 0.773. The highest BCUT2D eigenvalue weighted by Gasteiger charge is 2.18. The van der Waals surface area contributed by atoms with Gasteiger partial charge in [-0.2, -0.15) is 0 Å². The first-order valence-corrected chi connectivity index (χ1v) is 8.68. The maximum Gasteiger partial charge on any atom is 0.240 e. The summed E-state index contributed by atoms with van der Waals surface area (Å²) in [5, 5.41) is 0. The molecule has 0 saturated carbocycles. The lowest BCUT2D eigenvalue weighted by Gasteiger charge is -2.16. The Morgan fingerprint density at radius 1 is 1.25 bits per heavy atom. The van der Waals surface area contributed by atoms with Crippen LogP contribution in [0, 0.1) is 5.92 Å². The summed E-state index contributed by atoms with van der Waals surface area (Å²) in [6.45, 7) is 6.62. The average molecular weight is 298 g/mol. The predicted octanol–water partition coefficient (Wildman–Crippen LogP) is 2.29. The van der Waals surface area contributed by atoms with Crippen molar-refractivity contribution in [3.05, 3.63) is 29.8 Å². The van der Waals surface area contributed by atoms with Gasteiger partial charge in [-0.15, -0.1) is 0 Å². The van der Waals surface area contributed by atoms with Gasteiger partial charge in [-0.25, -0.2) is 13.1 Å². The van der Waals surface area contributed by atoms with Crippen molar-refractivity contribution in [2.45, 2.75) is 51.0 Å². The van der Waals surface area contributed by atoms with Crippen LogP contribution in [0.25, 0.3) is 0 Å². The summed E-state index contributed by atoms with van der Waals surface area (Å²) in [4.78, 5) is 0.354. The molecule has 0 heterocycles. The molecule has 0 aliphatic carbocycles. The van der Waals surface area contributed by atoms with Crippen LogP contribution in [0.15, 0.2) is 29.2 Å². The van der Waals surface area contributed by atoms with E-state index in [9.17, 15) is 8.42 Å². The van der Waals surface area contributed by atoms with Gasteiger partial charge in [0.2, 0.25) is 10.0 Å². The normalized spacial score (nSPS) is 13.7. The second-order valence-corrected chi connectivity index (χ2v) is 7.33. The molecular formula is C15H26N2O2S. The first-order chi connectivity index (χ1) is 9.36. The maximum absolute atomic E-state index is 12.3. The molecule has 0 aliphatic rings. The Kier molecular flexibility index (Phi) is 6.65. The van der Waals surface area contributed by atoms with Crippen LogP contribution in [0.4, 0.5) is 0 Å². The Balaban J connectivity index is 2.93. The van der Waals surface area contributed by atoms with Crippen molar-refractivity contribution in [3.8, 4) is 0 Å². The lowest BCUT2D eigenvalue weighted by Crippen LogP contribution is -2.28. The number of nitrogens with one attached hydrogen (secondary N) is 1. The van der Waals surface area contributed by atoms with Crippen LogP contribution in [0.1, 0.15) is 39.2 Å². The minimum absolute atomic E-state index is 0.0162. The van der Waals surface area contributed by atoms with Crippen molar-refractivity contribution in [1.82, 2.24) is 4.72 Å². The topological polar surface area (TPSA) is 72.2 Å². The average Bonchev–Trinajstić information content (AvgIpc) is 2.36. The lowest BCUT2D eigenvalue weighted by molar-refractivity contribution is 0.491. The number of hydrogen-bond donors (Lipinski definition) is 2. The summed E-state index contributed by atoms with van der Waals surface area (Å²) >= 11 is 0. The summed E-state index contributed by atoms with van der Waals surface area (Å²) in [7, 11) is -3.43. The van der Waals surface area contributed by atoms with E-state index in [4.69, 9.17) is 5.73 Å². The van der Waals surface area contributed by atoms with Crippen LogP contribution in [0.5, 0.6) is 0 Å². The van der Waals surface area contributed by atoms with Crippen molar-refractivity contribution in [2.75, 3.05) is 6.54 Å². The van der Waals surface area contributed by atoms with Crippen LogP contribution in [-0.2, 0) is 16.4 Å². The van der Waals surface area contributed by atoms with Crippen molar-refractivity contribution in [1.29, 1.82) is 0 Å². The van der Waals surface area contributed by atoms with Gasteiger partial charge in [0, 0.05) is 12.6 Å². The predicted molar refractivity (Wildman–Crippen MR) is 83.1 cm³/mol. The zero-order valence-corrected chi connectivity index (χ0v) is 13.4. The molecule has 0 spiro atoms. The van der Waals surface area contributed by atoms with Gasteiger partial charge in [0.05, 0.1) is 4.90 Å². The Hall–Kier alpha value is -0.910. The smallest absolute Gasteiger partial charge is 0.240 e. The molecule has 114 valence electrons. The Morgan fingerprint density at radius 3 is 2.50 bits per heavy atom. The van der Waals surface area contributed by atoms with Crippen molar-refractivity contribution in [2.24, 2.45) is 11.7 Å². The van der Waals surface area contributed by atoms with Crippen LogP contribution < -0.4 is 10.5 Å². The molecule has 1 aromatic rings. The van der Waals surface area contributed by atoms with E-state index in [-0.39, 0.29) is 6.04 Å². The van der Waals surface area contributed by atoms with Gasteiger partial charge in [0.1, 0.15) is 0 Å². The van der Waals surface area contributed by atoms with E-state index in [0.717, 1.165) is 18.4 Å². The Labute approximate surface area is 122 Å². The van der Waals surface area contributed by atoms with E-state index >= 15 is 0 Å². The SMILES string of the molecule is CCCNS(=O)(=O)c1ccccc1CC(N)CC(C)C. The zero-order valence-electron chi connectivity index (χ0n) is 12.6. The molecule has 0 fully saturated rings. The van der Waals surface area contributed by atoms with E-state index < -0.39 is 10.0 Å². The van der Waals surface area contributed by atoms with Gasteiger partial charge in [0.15, 0.2) is 0 Å². The molecule has 4 nitrogen and oxygen atoms in total. The number of sulfonamides is 1. The molecule has 0 saturated heterocycles. The third-order valence-corrected chi connectivity index (χ3v) is 4.62. The van der Waals surface area contributed by atoms with Gasteiger partial charge in [-0.05, 0) is 36.8 Å². The monoisotopic (exact) mass is 298 g/mol. The lowest BCUT2D eigenvalue weighted by atomic mass is 9.98. The molecule has 1 atom stereocenters. The van der Waals surface area contributed by atoms with Crippen molar-refractivity contribution in [3.63, 3.8) is 0 Å². The van der Waals surface area contributed by atoms with Gasteiger partial charge >= 0.3 is 0 Å². The molecule has 0 aliphatic heterocycles. The summed E-state index contributed by atoms with van der Waals surface area (Å²) in [6.07, 6.45) is 2.24. The Morgan fingerprint density at radius 2 is 1.90 bits per heavy atom. The largest absolute Gasteiger partial charge is 0.327 e. The fourth-order valence-corrected chi connectivity index (χ4v) is 3.60. The minimum atomic E-state index is -3.43. The summed E-state index contributed by atoms with van der Waals surface area (Å²) < 4.78 is 27.1. The van der Waals surface area contributed by atoms with Crippen LogP contribution in [0.2, 0.25) is 0 Å². The first kappa shape index (κ1) is 17.1. The van der Waals surface area contributed by atoms with Gasteiger partial charge in [-0.1, -0.05) is 39.0 Å². The molecule has 3 N–H and O–H groups in total. The fraction of sp³-hybridized carbons (Fsp3) is 0.600. The van der Waals surface area contributed by atoms with Gasteiger partial charge in [0.25, 0.3) is 0 Å². The molecule has 20 heavy (non-hydrogen) atoms. The molecule has 1 unspecified atom stereocenters. The summed E-state index contributed by atoms with van der Waals surface area (Å²) in [5.41, 5.74) is 6.90. The van der Waals surface area contributed by atoms with E-state index in [0.29, 0.717) is 23.8 Å². The summed E-state index contributed by atoms with van der Waals surface area (Å²) in [5.74, 6) is 0.506. The number of benzene rings is 1. The van der Waals surface area contributed by atoms with Crippen LogP contribution in [-0.4, -0.2) is 21.0 Å². The van der Waals surface area contributed by atoms with Crippen molar-refractivity contribution >= 4 is 10.0 Å². The number of nitrogens with two attached hydrogens (primary N) is 1. The molecule has 0 bridgehead atoms. The zero-order chi connectivity index (χ0) is 15.2. The number of rotatable bonds is 8. The third kappa shape index (κ3) is 5.23. The first-order valence-electron chi connectivity index (χ1n) is 7.20. The molecule has 1 rings (SSSR count). The van der Waals surface area contributed by atoms with Gasteiger partial charge < -0.3 is 5.73 Å². The highest BCUT2D eigenvalue weighted by atomic mass is 32.2. The maximum atomic E-state index is 12.3. The molecule has 1 aromatic carbocycles. The molecule has 0 amide bonds. The fourth-order valence-electron chi connectivity index (χ4n) is 2.22. The molecule has 0 aromatic heterocycles. The number of hydrogen-bond acceptors (Lipinski definition) is 3. The minimum Gasteiger partial charge on any atom is -0.327 e. The molecular weight excluding hydrogens is 272 g/mol. The third-order valence-electron chi connectivity index (χ3n) is 3.06. The highest BCUT2D eigenvalue weighted by Crippen LogP contribution is 2.18. The second-order valence-electron chi connectivity index (χ2n) is 5.60. The Bertz CT molecular complexity index is 512. The molecule has 0 radical (unpaired) electrons. The van der Waals surface area contributed by atoms with E-state index in [1.165, 1.54) is 0 Å².